The molecule has 128 valence electrons. The number of nitrogen functional groups attached to an aromatic ring is 2. The number of hydrogen-bond acceptors (Lipinski definition) is 4. The fraction of sp³-hybridized carbons (Fsp3) is 0.176. The Hall–Kier alpha value is -2.73. The van der Waals surface area contributed by atoms with Crippen LogP contribution in [0.2, 0.25) is 0 Å². The number of halogens is 1. The average Bonchev–Trinajstić information content (AvgIpc) is 2.55. The Labute approximate surface area is 148 Å². The van der Waals surface area contributed by atoms with Crippen LogP contribution in [0.3, 0.4) is 0 Å². The maximum absolute atomic E-state index is 7.35. The summed E-state index contributed by atoms with van der Waals surface area (Å²) in [4.78, 5) is 0. The van der Waals surface area contributed by atoms with Crippen molar-refractivity contribution in [2.45, 2.75) is 6.42 Å². The number of anilines is 2. The van der Waals surface area contributed by atoms with Crippen molar-refractivity contribution in [3.05, 3.63) is 59.7 Å². The van der Waals surface area contributed by atoms with Crippen LogP contribution in [0.5, 0.6) is 0 Å². The zero-order chi connectivity index (χ0) is 16.7. The molecule has 0 aromatic heterocycles. The first-order valence-electron chi connectivity index (χ1n) is 7.43. The van der Waals surface area contributed by atoms with Gasteiger partial charge >= 0.3 is 0 Å². The third-order valence-corrected chi connectivity index (χ3v) is 3.40. The highest BCUT2D eigenvalue weighted by atomic mass is 35.5. The molecule has 2 rings (SSSR count). The molecule has 0 radical (unpaired) electrons. The second-order valence-corrected chi connectivity index (χ2v) is 5.19. The number of nitrogens with two attached hydrogens (primary N) is 2. The highest BCUT2D eigenvalue weighted by Crippen LogP contribution is 2.10. The van der Waals surface area contributed by atoms with Crippen LogP contribution in [0, 0.1) is 10.8 Å². The van der Waals surface area contributed by atoms with Crippen molar-refractivity contribution in [2.24, 2.45) is 11.5 Å². The molecule has 2 aromatic rings. The predicted molar refractivity (Wildman–Crippen MR) is 104 cm³/mol. The van der Waals surface area contributed by atoms with E-state index in [-0.39, 0.29) is 24.1 Å². The van der Waals surface area contributed by atoms with Gasteiger partial charge in [0.1, 0.15) is 11.7 Å². The Balaban J connectivity index is 0.00000288. The maximum Gasteiger partial charge on any atom is 0.122 e. The van der Waals surface area contributed by atoms with Gasteiger partial charge in [-0.05, 0) is 55.0 Å². The lowest BCUT2D eigenvalue weighted by molar-refractivity contribution is 0.909. The molecule has 0 saturated heterocycles. The molecule has 0 atom stereocenters. The normalized spacial score (nSPS) is 9.67. The zero-order valence-corrected chi connectivity index (χ0v) is 14.1. The minimum atomic E-state index is 0. The molecule has 0 unspecified atom stereocenters. The van der Waals surface area contributed by atoms with Crippen LogP contribution in [-0.4, -0.2) is 24.8 Å². The van der Waals surface area contributed by atoms with Crippen LogP contribution < -0.4 is 22.1 Å². The molecule has 6 nitrogen and oxygen atoms in total. The van der Waals surface area contributed by atoms with Crippen molar-refractivity contribution in [1.82, 2.24) is 0 Å². The first-order chi connectivity index (χ1) is 11.1. The summed E-state index contributed by atoms with van der Waals surface area (Å²) in [6.45, 7) is 1.69. The van der Waals surface area contributed by atoms with Gasteiger partial charge in [0.25, 0.3) is 0 Å². The van der Waals surface area contributed by atoms with Crippen molar-refractivity contribution in [3.8, 4) is 0 Å². The molecule has 0 heterocycles. The highest BCUT2D eigenvalue weighted by Gasteiger charge is 1.98. The average molecular weight is 347 g/mol. The SMILES string of the molecule is Cl.N=C(N)c1ccc(NCCCNc2ccc(C(=N)N)cc2)cc1. The van der Waals surface area contributed by atoms with Crippen molar-refractivity contribution in [1.29, 1.82) is 10.8 Å². The smallest absolute Gasteiger partial charge is 0.122 e. The van der Waals surface area contributed by atoms with E-state index in [0.717, 1.165) is 42.0 Å². The maximum atomic E-state index is 7.35. The van der Waals surface area contributed by atoms with E-state index in [1.807, 2.05) is 48.5 Å². The van der Waals surface area contributed by atoms with E-state index in [1.165, 1.54) is 0 Å². The first kappa shape index (κ1) is 19.3. The predicted octanol–water partition coefficient (Wildman–Crippen LogP) is 2.59. The number of benzene rings is 2. The highest BCUT2D eigenvalue weighted by molar-refractivity contribution is 5.95. The molecule has 8 N–H and O–H groups in total. The Kier molecular flexibility index (Phi) is 7.58. The van der Waals surface area contributed by atoms with Crippen molar-refractivity contribution in [2.75, 3.05) is 23.7 Å². The Morgan fingerprint density at radius 2 is 1.04 bits per heavy atom. The van der Waals surface area contributed by atoms with E-state index in [9.17, 15) is 0 Å². The quantitative estimate of drug-likeness (QED) is 0.250. The Morgan fingerprint density at radius 1 is 0.708 bits per heavy atom. The molecule has 0 amide bonds. The summed E-state index contributed by atoms with van der Waals surface area (Å²) >= 11 is 0. The number of hydrogen-bond donors (Lipinski definition) is 6. The molecule has 0 aliphatic carbocycles. The van der Waals surface area contributed by atoms with Gasteiger partial charge in [0, 0.05) is 35.6 Å². The minimum absolute atomic E-state index is 0. The van der Waals surface area contributed by atoms with Gasteiger partial charge < -0.3 is 22.1 Å². The summed E-state index contributed by atoms with van der Waals surface area (Å²) in [6.07, 6.45) is 0.961. The van der Waals surface area contributed by atoms with Gasteiger partial charge in [0.05, 0.1) is 0 Å². The first-order valence-corrected chi connectivity index (χ1v) is 7.43. The molecule has 0 saturated carbocycles. The summed E-state index contributed by atoms with van der Waals surface area (Å²) in [5, 5.41) is 21.3. The van der Waals surface area contributed by atoms with Crippen LogP contribution in [0.15, 0.2) is 48.5 Å². The number of rotatable bonds is 8. The largest absolute Gasteiger partial charge is 0.385 e. The van der Waals surface area contributed by atoms with Crippen molar-refractivity contribution >= 4 is 35.5 Å². The summed E-state index contributed by atoms with van der Waals surface area (Å²) in [7, 11) is 0. The second kappa shape index (κ2) is 9.42. The van der Waals surface area contributed by atoms with Crippen molar-refractivity contribution < 1.29 is 0 Å². The second-order valence-electron chi connectivity index (χ2n) is 5.19. The van der Waals surface area contributed by atoms with Crippen molar-refractivity contribution in [3.63, 3.8) is 0 Å². The molecule has 0 fully saturated rings. The molecule has 24 heavy (non-hydrogen) atoms. The molecular formula is C17H23ClN6. The standard InChI is InChI=1S/C17H22N6.ClH/c18-16(19)12-2-6-14(7-3-12)22-10-1-11-23-15-8-4-13(5-9-15)17(20)21;/h2-9,22-23H,1,10-11H2,(H3,18,19)(H3,20,21);1H. The molecule has 7 heteroatoms. The van der Waals surface area contributed by atoms with E-state index in [1.54, 1.807) is 0 Å². The number of nitrogens with one attached hydrogen (secondary N) is 4. The molecular weight excluding hydrogens is 324 g/mol. The third kappa shape index (κ3) is 5.81. The summed E-state index contributed by atoms with van der Waals surface area (Å²) in [6, 6.07) is 15.0. The lowest BCUT2D eigenvalue weighted by atomic mass is 10.2. The summed E-state index contributed by atoms with van der Waals surface area (Å²) in [5.74, 6) is 0.160. The van der Waals surface area contributed by atoms with Gasteiger partial charge in [0.15, 0.2) is 0 Å². The minimum Gasteiger partial charge on any atom is -0.385 e. The van der Waals surface area contributed by atoms with E-state index in [2.05, 4.69) is 10.6 Å². The van der Waals surface area contributed by atoms with Gasteiger partial charge in [-0.1, -0.05) is 0 Å². The summed E-state index contributed by atoms with van der Waals surface area (Å²) < 4.78 is 0. The molecule has 2 aromatic carbocycles. The monoisotopic (exact) mass is 346 g/mol. The van der Waals surface area contributed by atoms with Gasteiger partial charge in [0.2, 0.25) is 0 Å². The van der Waals surface area contributed by atoms with Crippen LogP contribution >= 0.6 is 12.4 Å². The van der Waals surface area contributed by atoms with Gasteiger partial charge in [-0.3, -0.25) is 10.8 Å². The Bertz CT molecular complexity index is 607. The summed E-state index contributed by atoms with van der Waals surface area (Å²) in [5.41, 5.74) is 14.3. The molecule has 0 aliphatic rings. The number of amidine groups is 2. The topological polar surface area (TPSA) is 124 Å². The molecule has 0 spiro atoms. The fourth-order valence-electron chi connectivity index (χ4n) is 2.09. The van der Waals surface area contributed by atoms with E-state index < -0.39 is 0 Å². The molecule has 0 aliphatic heterocycles. The van der Waals surface area contributed by atoms with Gasteiger partial charge in [-0.25, -0.2) is 0 Å². The zero-order valence-electron chi connectivity index (χ0n) is 13.3. The Morgan fingerprint density at radius 3 is 1.33 bits per heavy atom. The lowest BCUT2D eigenvalue weighted by Crippen LogP contribution is -2.12. The molecule has 0 bridgehead atoms. The van der Waals surface area contributed by atoms with Crippen LogP contribution in [0.1, 0.15) is 17.5 Å². The van der Waals surface area contributed by atoms with Crippen LogP contribution in [-0.2, 0) is 0 Å². The van der Waals surface area contributed by atoms with E-state index >= 15 is 0 Å². The van der Waals surface area contributed by atoms with Gasteiger partial charge in [-0.2, -0.15) is 0 Å². The van der Waals surface area contributed by atoms with Crippen LogP contribution in [0.4, 0.5) is 11.4 Å². The van der Waals surface area contributed by atoms with E-state index in [0.29, 0.717) is 0 Å². The van der Waals surface area contributed by atoms with Crippen LogP contribution in [0.25, 0.3) is 0 Å². The third-order valence-electron chi connectivity index (χ3n) is 3.40. The van der Waals surface area contributed by atoms with E-state index in [4.69, 9.17) is 22.3 Å². The lowest BCUT2D eigenvalue weighted by Gasteiger charge is -2.09. The fourth-order valence-corrected chi connectivity index (χ4v) is 2.09. The van der Waals surface area contributed by atoms with Gasteiger partial charge in [-0.15, -0.1) is 12.4 Å².